The molecule has 0 atom stereocenters. The number of nitrogens with one attached hydrogen (secondary N) is 1. The normalized spacial score (nSPS) is 10.9. The highest BCUT2D eigenvalue weighted by Crippen LogP contribution is 2.23. The maximum absolute atomic E-state index is 14.1. The molecule has 3 N–H and O–H groups in total. The lowest BCUT2D eigenvalue weighted by Gasteiger charge is -2.11. The number of Topliss-reactive ketones (excluding diaryl/α,β-unsaturated/α-hetero) is 1. The molecule has 0 bridgehead atoms. The number of benzene rings is 3. The number of anilines is 1. The molecule has 0 saturated heterocycles. The third-order valence-corrected chi connectivity index (χ3v) is 5.25. The van der Waals surface area contributed by atoms with Crippen LogP contribution in [-0.4, -0.2) is 21.7 Å². The molecule has 166 valence electrons. The lowest BCUT2D eigenvalue weighted by molar-refractivity contribution is 0.0981. The molecule has 0 saturated carbocycles. The molecule has 0 aliphatic carbocycles. The van der Waals surface area contributed by atoms with Crippen LogP contribution in [0.5, 0.6) is 0 Å². The van der Waals surface area contributed by atoms with Crippen LogP contribution < -0.4 is 11.1 Å². The van der Waals surface area contributed by atoms with E-state index in [0.29, 0.717) is 34.4 Å². The predicted octanol–water partition coefficient (Wildman–Crippen LogP) is 4.70. The van der Waals surface area contributed by atoms with Gasteiger partial charge in [-0.1, -0.05) is 41.9 Å². The van der Waals surface area contributed by atoms with Crippen molar-refractivity contribution in [3.05, 3.63) is 99.8 Å². The minimum atomic E-state index is -0.992. The number of rotatable bonds is 7. The van der Waals surface area contributed by atoms with Crippen molar-refractivity contribution in [2.75, 3.05) is 5.32 Å². The first-order valence-electron chi connectivity index (χ1n) is 9.86. The molecule has 4 rings (SSSR count). The molecule has 9 heteroatoms. The van der Waals surface area contributed by atoms with Crippen molar-refractivity contribution in [1.29, 1.82) is 0 Å². The van der Waals surface area contributed by atoms with Crippen LogP contribution >= 0.6 is 11.6 Å². The number of halogens is 3. The van der Waals surface area contributed by atoms with Gasteiger partial charge in [-0.05, 0) is 35.4 Å². The van der Waals surface area contributed by atoms with Gasteiger partial charge in [-0.15, -0.1) is 0 Å². The van der Waals surface area contributed by atoms with E-state index in [9.17, 15) is 18.4 Å². The van der Waals surface area contributed by atoms with Gasteiger partial charge < -0.3 is 11.1 Å². The van der Waals surface area contributed by atoms with E-state index in [1.807, 2.05) is 6.07 Å². The van der Waals surface area contributed by atoms with Crippen molar-refractivity contribution >= 4 is 40.0 Å². The van der Waals surface area contributed by atoms with Crippen LogP contribution in [0.25, 0.3) is 10.9 Å². The standard InChI is InChI=1S/C24H17ClF2N4O2/c25-15-9-18(26)21(19(27)10-15)20(32)8-13-3-1-4-14(7-13)11-29-24-17-6-2-5-16(23(28)33)22(17)30-12-31-24/h1-7,9-10,12H,8,11H2,(H2,28,33)(H,29,30,31). The fourth-order valence-corrected chi connectivity index (χ4v) is 3.74. The molecule has 4 aromatic rings. The van der Waals surface area contributed by atoms with Gasteiger partial charge in [-0.25, -0.2) is 18.7 Å². The highest BCUT2D eigenvalue weighted by atomic mass is 35.5. The number of hydrogen-bond donors (Lipinski definition) is 2. The van der Waals surface area contributed by atoms with Crippen molar-refractivity contribution < 1.29 is 18.4 Å². The van der Waals surface area contributed by atoms with Crippen LogP contribution in [0.1, 0.15) is 31.8 Å². The van der Waals surface area contributed by atoms with Crippen molar-refractivity contribution in [3.63, 3.8) is 0 Å². The van der Waals surface area contributed by atoms with Crippen molar-refractivity contribution in [1.82, 2.24) is 9.97 Å². The van der Waals surface area contributed by atoms with E-state index in [2.05, 4.69) is 15.3 Å². The molecular formula is C24H17ClF2N4O2. The minimum Gasteiger partial charge on any atom is -0.366 e. The molecule has 0 radical (unpaired) electrons. The Morgan fingerprint density at radius 1 is 0.970 bits per heavy atom. The summed E-state index contributed by atoms with van der Waals surface area (Å²) in [5.74, 6) is -2.75. The molecule has 0 fully saturated rings. The summed E-state index contributed by atoms with van der Waals surface area (Å²) in [5, 5.41) is 3.70. The molecule has 1 aromatic heterocycles. The number of hydrogen-bond acceptors (Lipinski definition) is 5. The zero-order valence-corrected chi connectivity index (χ0v) is 17.9. The van der Waals surface area contributed by atoms with Crippen molar-refractivity contribution in [2.45, 2.75) is 13.0 Å². The molecule has 6 nitrogen and oxygen atoms in total. The summed E-state index contributed by atoms with van der Waals surface area (Å²) < 4.78 is 28.1. The second-order valence-corrected chi connectivity index (χ2v) is 7.74. The molecule has 1 amide bonds. The predicted molar refractivity (Wildman–Crippen MR) is 121 cm³/mol. The fraction of sp³-hybridized carbons (Fsp3) is 0.0833. The summed E-state index contributed by atoms with van der Waals surface area (Å²) in [4.78, 5) is 32.5. The summed E-state index contributed by atoms with van der Waals surface area (Å²) >= 11 is 5.62. The third-order valence-electron chi connectivity index (χ3n) is 5.03. The van der Waals surface area contributed by atoms with E-state index in [1.165, 1.54) is 6.33 Å². The molecular weight excluding hydrogens is 450 g/mol. The van der Waals surface area contributed by atoms with E-state index < -0.39 is 28.9 Å². The summed E-state index contributed by atoms with van der Waals surface area (Å²) in [6.07, 6.45) is 1.16. The second kappa shape index (κ2) is 9.30. The minimum absolute atomic E-state index is 0.116. The number of para-hydroxylation sites is 1. The maximum atomic E-state index is 14.1. The number of amides is 1. The molecule has 1 heterocycles. The molecule has 0 aliphatic rings. The van der Waals surface area contributed by atoms with Gasteiger partial charge in [0.2, 0.25) is 0 Å². The Labute approximate surface area is 192 Å². The molecule has 3 aromatic carbocycles. The average Bonchev–Trinajstić information content (AvgIpc) is 2.76. The smallest absolute Gasteiger partial charge is 0.250 e. The van der Waals surface area contributed by atoms with Crippen LogP contribution in [0.2, 0.25) is 5.02 Å². The number of nitrogens with two attached hydrogens (primary N) is 1. The van der Waals surface area contributed by atoms with Gasteiger partial charge in [0.1, 0.15) is 23.8 Å². The second-order valence-electron chi connectivity index (χ2n) is 7.31. The fourth-order valence-electron chi connectivity index (χ4n) is 3.54. The molecule has 0 unspecified atom stereocenters. The van der Waals surface area contributed by atoms with Gasteiger partial charge in [0.25, 0.3) is 5.91 Å². The SMILES string of the molecule is NC(=O)c1cccc2c(NCc3cccc(CC(=O)c4c(F)cc(Cl)cc4F)c3)ncnc12. The number of fused-ring (bicyclic) bond motifs is 1. The molecule has 0 aliphatic heterocycles. The Morgan fingerprint density at radius 3 is 2.39 bits per heavy atom. The van der Waals surface area contributed by atoms with Crippen molar-refractivity contribution in [3.8, 4) is 0 Å². The van der Waals surface area contributed by atoms with Gasteiger partial charge in [0.05, 0.1) is 16.6 Å². The Hall–Kier alpha value is -3.91. The lowest BCUT2D eigenvalue weighted by Crippen LogP contribution is -2.12. The largest absolute Gasteiger partial charge is 0.366 e. The summed E-state index contributed by atoms with van der Waals surface area (Å²) in [5.41, 5.74) is 6.95. The van der Waals surface area contributed by atoms with Gasteiger partial charge in [0.15, 0.2) is 5.78 Å². The van der Waals surface area contributed by atoms with E-state index in [4.69, 9.17) is 17.3 Å². The zero-order chi connectivity index (χ0) is 23.5. The zero-order valence-electron chi connectivity index (χ0n) is 17.1. The summed E-state index contributed by atoms with van der Waals surface area (Å²) in [7, 11) is 0. The Bertz CT molecular complexity index is 1370. The van der Waals surface area contributed by atoms with Crippen LogP contribution in [-0.2, 0) is 13.0 Å². The van der Waals surface area contributed by atoms with Crippen molar-refractivity contribution in [2.24, 2.45) is 5.73 Å². The van der Waals surface area contributed by atoms with Gasteiger partial charge >= 0.3 is 0 Å². The van der Waals surface area contributed by atoms with Crippen LogP contribution in [0, 0.1) is 11.6 Å². The topological polar surface area (TPSA) is 98.0 Å². The van der Waals surface area contributed by atoms with E-state index >= 15 is 0 Å². The highest BCUT2D eigenvalue weighted by molar-refractivity contribution is 6.30. The number of ketones is 1. The van der Waals surface area contributed by atoms with Crippen LogP contribution in [0.3, 0.4) is 0 Å². The summed E-state index contributed by atoms with van der Waals surface area (Å²) in [6.45, 7) is 0.346. The maximum Gasteiger partial charge on any atom is 0.250 e. The monoisotopic (exact) mass is 466 g/mol. The Morgan fingerprint density at radius 2 is 1.67 bits per heavy atom. The highest BCUT2D eigenvalue weighted by Gasteiger charge is 2.19. The summed E-state index contributed by atoms with van der Waals surface area (Å²) in [6, 6.07) is 13.9. The van der Waals surface area contributed by atoms with E-state index in [0.717, 1.165) is 17.7 Å². The average molecular weight is 467 g/mol. The molecule has 33 heavy (non-hydrogen) atoms. The van der Waals surface area contributed by atoms with Gasteiger partial charge in [-0.2, -0.15) is 0 Å². The number of carbonyl (C=O) groups is 2. The Kier molecular flexibility index (Phi) is 6.28. The third kappa shape index (κ3) is 4.80. The molecule has 0 spiro atoms. The first-order chi connectivity index (χ1) is 15.8. The number of nitrogens with zero attached hydrogens (tertiary/aromatic N) is 2. The Balaban J connectivity index is 1.52. The number of carbonyl (C=O) groups excluding carboxylic acids is 2. The first kappa shape index (κ1) is 22.3. The van der Waals surface area contributed by atoms with E-state index in [1.54, 1.807) is 36.4 Å². The number of primary amides is 1. The van der Waals surface area contributed by atoms with Crippen LogP contribution in [0.4, 0.5) is 14.6 Å². The van der Waals surface area contributed by atoms with Gasteiger partial charge in [-0.3, -0.25) is 9.59 Å². The van der Waals surface area contributed by atoms with E-state index in [-0.39, 0.29) is 11.4 Å². The number of aromatic nitrogens is 2. The van der Waals surface area contributed by atoms with Crippen LogP contribution in [0.15, 0.2) is 60.9 Å². The quantitative estimate of drug-likeness (QED) is 0.385. The lowest BCUT2D eigenvalue weighted by atomic mass is 10.0. The first-order valence-corrected chi connectivity index (χ1v) is 10.2. The van der Waals surface area contributed by atoms with Gasteiger partial charge in [0, 0.05) is 23.4 Å².